The first-order chi connectivity index (χ1) is 8.19. The standard InChI is InChI=1S/C12H16INO2S/c1-3-4-11-9-10(2)5-6-14(11)12(15)16-7-8-17-13/h3,5-6,9,11H,1,4,7-8H2,2H3. The van der Waals surface area contributed by atoms with Crippen LogP contribution in [0.15, 0.2) is 36.6 Å². The molecule has 0 saturated carbocycles. The van der Waals surface area contributed by atoms with Crippen molar-refractivity contribution in [2.45, 2.75) is 19.4 Å². The van der Waals surface area contributed by atoms with Gasteiger partial charge in [-0.1, -0.05) is 26.7 Å². The molecule has 17 heavy (non-hydrogen) atoms. The lowest BCUT2D eigenvalue weighted by atomic mass is 10.1. The highest BCUT2D eigenvalue weighted by molar-refractivity contribution is 14.2. The summed E-state index contributed by atoms with van der Waals surface area (Å²) in [6, 6.07) is 0.0252. The van der Waals surface area contributed by atoms with Gasteiger partial charge in [-0.25, -0.2) is 4.79 Å². The van der Waals surface area contributed by atoms with Gasteiger partial charge in [-0.2, -0.15) is 0 Å². The predicted octanol–water partition coefficient (Wildman–Crippen LogP) is 3.93. The second-order valence-corrected chi connectivity index (χ2v) is 6.15. The fourth-order valence-corrected chi connectivity index (χ4v) is 2.22. The molecule has 1 heterocycles. The molecule has 1 aliphatic heterocycles. The molecule has 0 aromatic heterocycles. The van der Waals surface area contributed by atoms with Gasteiger partial charge in [-0.3, -0.25) is 4.90 Å². The second kappa shape index (κ2) is 7.81. The van der Waals surface area contributed by atoms with Crippen LogP contribution in [-0.4, -0.2) is 29.4 Å². The summed E-state index contributed by atoms with van der Waals surface area (Å²) < 4.78 is 5.18. The Bertz CT molecular complexity index is 341. The Labute approximate surface area is 119 Å². The summed E-state index contributed by atoms with van der Waals surface area (Å²) in [6.45, 7) is 6.17. The topological polar surface area (TPSA) is 29.5 Å². The van der Waals surface area contributed by atoms with E-state index in [-0.39, 0.29) is 12.1 Å². The van der Waals surface area contributed by atoms with Gasteiger partial charge in [0.25, 0.3) is 0 Å². The molecule has 0 spiro atoms. The maximum atomic E-state index is 11.8. The quantitative estimate of drug-likeness (QED) is 0.420. The molecule has 1 rings (SSSR count). The van der Waals surface area contributed by atoms with Gasteiger partial charge < -0.3 is 4.74 Å². The van der Waals surface area contributed by atoms with Gasteiger partial charge in [0, 0.05) is 12.0 Å². The smallest absolute Gasteiger partial charge is 0.414 e. The molecule has 1 atom stereocenters. The number of hydrogen-bond donors (Lipinski definition) is 0. The molecule has 0 N–H and O–H groups in total. The van der Waals surface area contributed by atoms with E-state index in [9.17, 15) is 4.79 Å². The Morgan fingerprint density at radius 2 is 2.53 bits per heavy atom. The number of carbonyl (C=O) groups excluding carboxylic acids is 1. The number of rotatable bonds is 5. The number of carbonyl (C=O) groups is 1. The van der Waals surface area contributed by atoms with Crippen LogP contribution >= 0.6 is 30.1 Å². The Balaban J connectivity index is 2.58. The molecule has 1 aliphatic rings. The largest absolute Gasteiger partial charge is 0.448 e. The molecule has 0 radical (unpaired) electrons. The molecule has 0 aliphatic carbocycles. The van der Waals surface area contributed by atoms with E-state index < -0.39 is 0 Å². The lowest BCUT2D eigenvalue weighted by Gasteiger charge is -2.28. The zero-order valence-corrected chi connectivity index (χ0v) is 12.7. The number of ether oxygens (including phenoxy) is 1. The van der Waals surface area contributed by atoms with Crippen molar-refractivity contribution >= 4 is 36.2 Å². The lowest BCUT2D eigenvalue weighted by Crippen LogP contribution is -2.37. The average molecular weight is 365 g/mol. The van der Waals surface area contributed by atoms with E-state index in [0.717, 1.165) is 17.7 Å². The van der Waals surface area contributed by atoms with Crippen LogP contribution < -0.4 is 0 Å². The van der Waals surface area contributed by atoms with Crippen LogP contribution in [0.4, 0.5) is 4.79 Å². The maximum Gasteiger partial charge on any atom is 0.414 e. The highest BCUT2D eigenvalue weighted by Crippen LogP contribution is 2.18. The van der Waals surface area contributed by atoms with Gasteiger partial charge >= 0.3 is 6.09 Å². The van der Waals surface area contributed by atoms with Crippen molar-refractivity contribution in [3.8, 4) is 0 Å². The van der Waals surface area contributed by atoms with Crippen molar-refractivity contribution in [2.24, 2.45) is 0 Å². The van der Waals surface area contributed by atoms with Crippen molar-refractivity contribution in [1.82, 2.24) is 4.90 Å². The van der Waals surface area contributed by atoms with Crippen molar-refractivity contribution in [3.05, 3.63) is 36.6 Å². The van der Waals surface area contributed by atoms with Gasteiger partial charge in [0.2, 0.25) is 0 Å². The molecule has 5 heteroatoms. The van der Waals surface area contributed by atoms with Gasteiger partial charge in [-0.05, 0) is 40.6 Å². The molecule has 0 saturated heterocycles. The summed E-state index contributed by atoms with van der Waals surface area (Å²) in [7, 11) is 1.63. The molecule has 1 unspecified atom stereocenters. The maximum absolute atomic E-state index is 11.8. The normalized spacial score (nSPS) is 18.8. The second-order valence-electron chi connectivity index (χ2n) is 3.65. The minimum atomic E-state index is -0.290. The fraction of sp³-hybridized carbons (Fsp3) is 0.417. The summed E-state index contributed by atoms with van der Waals surface area (Å²) in [5.74, 6) is 0.810. The molecule has 1 amide bonds. The Morgan fingerprint density at radius 1 is 1.76 bits per heavy atom. The van der Waals surface area contributed by atoms with E-state index in [4.69, 9.17) is 4.74 Å². The molecule has 0 bridgehead atoms. The third kappa shape index (κ3) is 4.75. The van der Waals surface area contributed by atoms with Crippen molar-refractivity contribution in [2.75, 3.05) is 12.4 Å². The van der Waals surface area contributed by atoms with Crippen LogP contribution in [0, 0.1) is 0 Å². The number of hydrogen-bond acceptors (Lipinski definition) is 3. The SMILES string of the molecule is C=CCC1C=C(C)C=CN1C(=O)OCCSI. The zero-order valence-electron chi connectivity index (χ0n) is 9.77. The number of halogens is 1. The highest BCUT2D eigenvalue weighted by Gasteiger charge is 2.22. The van der Waals surface area contributed by atoms with Crippen molar-refractivity contribution in [3.63, 3.8) is 0 Å². The van der Waals surface area contributed by atoms with E-state index in [1.54, 1.807) is 20.0 Å². The Hall–Kier alpha value is -0.430. The number of nitrogens with zero attached hydrogens (tertiary/aromatic N) is 1. The lowest BCUT2D eigenvalue weighted by molar-refractivity contribution is 0.116. The van der Waals surface area contributed by atoms with E-state index in [0.29, 0.717) is 6.61 Å². The van der Waals surface area contributed by atoms with Crippen LogP contribution in [0.2, 0.25) is 0 Å². The van der Waals surface area contributed by atoms with E-state index in [2.05, 4.69) is 33.9 Å². The molecule has 0 aromatic carbocycles. The first-order valence-electron chi connectivity index (χ1n) is 5.35. The monoisotopic (exact) mass is 365 g/mol. The molecule has 3 nitrogen and oxygen atoms in total. The molecule has 0 fully saturated rings. The van der Waals surface area contributed by atoms with E-state index in [1.807, 2.05) is 19.1 Å². The summed E-state index contributed by atoms with van der Waals surface area (Å²) in [4.78, 5) is 13.5. The van der Waals surface area contributed by atoms with Crippen LogP contribution in [-0.2, 0) is 4.74 Å². The first-order valence-corrected chi connectivity index (χ1v) is 8.88. The van der Waals surface area contributed by atoms with Gasteiger partial charge in [0.05, 0.1) is 6.04 Å². The van der Waals surface area contributed by atoms with Crippen LogP contribution in [0.1, 0.15) is 13.3 Å². The van der Waals surface area contributed by atoms with Gasteiger partial charge in [0.1, 0.15) is 6.61 Å². The van der Waals surface area contributed by atoms with Gasteiger partial charge in [-0.15, -0.1) is 6.58 Å². The minimum Gasteiger partial charge on any atom is -0.448 e. The fourth-order valence-electron chi connectivity index (χ4n) is 1.53. The third-order valence-electron chi connectivity index (χ3n) is 2.32. The first kappa shape index (κ1) is 14.6. The van der Waals surface area contributed by atoms with Crippen LogP contribution in [0.25, 0.3) is 0 Å². The highest BCUT2D eigenvalue weighted by atomic mass is 127. The Morgan fingerprint density at radius 3 is 3.18 bits per heavy atom. The molecular formula is C12H16INO2S. The molecular weight excluding hydrogens is 349 g/mol. The van der Waals surface area contributed by atoms with Crippen LogP contribution in [0.5, 0.6) is 0 Å². The third-order valence-corrected chi connectivity index (χ3v) is 3.96. The number of allylic oxidation sites excluding steroid dienone is 2. The van der Waals surface area contributed by atoms with Gasteiger partial charge in [0.15, 0.2) is 0 Å². The van der Waals surface area contributed by atoms with E-state index >= 15 is 0 Å². The average Bonchev–Trinajstić information content (AvgIpc) is 2.30. The van der Waals surface area contributed by atoms with E-state index in [1.165, 1.54) is 0 Å². The Kier molecular flexibility index (Phi) is 6.72. The predicted molar refractivity (Wildman–Crippen MR) is 81.2 cm³/mol. The summed E-state index contributed by atoms with van der Waals surface area (Å²) in [6.07, 6.45) is 8.00. The van der Waals surface area contributed by atoms with Crippen LogP contribution in [0.3, 0.4) is 0 Å². The summed E-state index contributed by atoms with van der Waals surface area (Å²) >= 11 is 2.18. The summed E-state index contributed by atoms with van der Waals surface area (Å²) in [5.41, 5.74) is 1.16. The summed E-state index contributed by atoms with van der Waals surface area (Å²) in [5, 5.41) is 0. The number of amides is 1. The zero-order chi connectivity index (χ0) is 12.7. The van der Waals surface area contributed by atoms with Crippen molar-refractivity contribution < 1.29 is 9.53 Å². The minimum absolute atomic E-state index is 0.0252. The van der Waals surface area contributed by atoms with Crippen molar-refractivity contribution in [1.29, 1.82) is 0 Å². The molecule has 0 aromatic rings. The molecule has 94 valence electrons.